The number of ether oxygens (including phenoxy) is 2. The van der Waals surface area contributed by atoms with Crippen LogP contribution in [0, 0.1) is 19.8 Å². The van der Waals surface area contributed by atoms with E-state index < -0.39 is 0 Å². The number of rotatable bonds is 5. The summed E-state index contributed by atoms with van der Waals surface area (Å²) < 4.78 is 16.5. The van der Waals surface area contributed by atoms with Crippen LogP contribution in [-0.2, 0) is 9.47 Å². The number of furan rings is 1. The quantitative estimate of drug-likeness (QED) is 0.819. The van der Waals surface area contributed by atoms with Crippen LogP contribution in [0.5, 0.6) is 0 Å². The number of aryl methyl sites for hydroxylation is 2. The molecule has 6 heteroatoms. The van der Waals surface area contributed by atoms with E-state index in [0.717, 1.165) is 38.4 Å². The molecule has 3 atom stereocenters. The summed E-state index contributed by atoms with van der Waals surface area (Å²) in [6, 6.07) is 2.05. The van der Waals surface area contributed by atoms with Gasteiger partial charge in [0.15, 0.2) is 0 Å². The van der Waals surface area contributed by atoms with E-state index in [1.54, 1.807) is 14.2 Å². The number of methoxy groups -OCH3 is 2. The van der Waals surface area contributed by atoms with Gasteiger partial charge in [0.2, 0.25) is 0 Å². The smallest absolute Gasteiger partial charge is 0.257 e. The van der Waals surface area contributed by atoms with Crippen molar-refractivity contribution >= 4 is 5.91 Å². The summed E-state index contributed by atoms with van der Waals surface area (Å²) in [6.07, 6.45) is 1.11. The van der Waals surface area contributed by atoms with Gasteiger partial charge in [0.1, 0.15) is 11.5 Å². The minimum atomic E-state index is 0.0856. The van der Waals surface area contributed by atoms with E-state index in [0.29, 0.717) is 23.8 Å². The molecule has 0 aromatic carbocycles. The molecular formula is C18H28N2O4. The SMILES string of the molecule is COCCN1C[C@H]2[C@H](OC)CCN(C(=O)c3cc(C)oc3C)[C@H]2C1. The predicted octanol–water partition coefficient (Wildman–Crippen LogP) is 1.70. The summed E-state index contributed by atoms with van der Waals surface area (Å²) in [5, 5.41) is 0. The second-order valence-electron chi connectivity index (χ2n) is 6.87. The van der Waals surface area contributed by atoms with E-state index >= 15 is 0 Å². The molecule has 0 saturated carbocycles. The zero-order valence-corrected chi connectivity index (χ0v) is 15.1. The average molecular weight is 336 g/mol. The molecule has 134 valence electrons. The summed E-state index contributed by atoms with van der Waals surface area (Å²) in [6.45, 7) is 7.93. The van der Waals surface area contributed by atoms with E-state index in [-0.39, 0.29) is 18.1 Å². The molecular weight excluding hydrogens is 308 g/mol. The predicted molar refractivity (Wildman–Crippen MR) is 90.2 cm³/mol. The Hall–Kier alpha value is -1.37. The molecule has 1 aromatic rings. The monoisotopic (exact) mass is 336 g/mol. The van der Waals surface area contributed by atoms with Crippen molar-refractivity contribution in [2.24, 2.45) is 5.92 Å². The number of fused-ring (bicyclic) bond motifs is 1. The van der Waals surface area contributed by atoms with Gasteiger partial charge in [-0.3, -0.25) is 9.69 Å². The van der Waals surface area contributed by atoms with E-state index in [2.05, 4.69) is 4.90 Å². The van der Waals surface area contributed by atoms with Crippen LogP contribution in [0.1, 0.15) is 28.3 Å². The van der Waals surface area contributed by atoms with Crippen molar-refractivity contribution in [3.8, 4) is 0 Å². The zero-order valence-electron chi connectivity index (χ0n) is 15.1. The molecule has 0 spiro atoms. The molecule has 1 aromatic heterocycles. The van der Waals surface area contributed by atoms with Gasteiger partial charge in [0.05, 0.1) is 24.3 Å². The molecule has 2 fully saturated rings. The van der Waals surface area contributed by atoms with Crippen LogP contribution in [0.15, 0.2) is 10.5 Å². The Morgan fingerprint density at radius 1 is 1.33 bits per heavy atom. The lowest BCUT2D eigenvalue weighted by Gasteiger charge is -2.41. The van der Waals surface area contributed by atoms with Crippen LogP contribution in [0.25, 0.3) is 0 Å². The lowest BCUT2D eigenvalue weighted by atomic mass is 9.88. The maximum atomic E-state index is 13.1. The molecule has 0 bridgehead atoms. The molecule has 0 aliphatic carbocycles. The van der Waals surface area contributed by atoms with Crippen LogP contribution in [0.3, 0.4) is 0 Å². The number of nitrogens with zero attached hydrogens (tertiary/aromatic N) is 2. The highest BCUT2D eigenvalue weighted by Gasteiger charge is 2.46. The topological polar surface area (TPSA) is 55.2 Å². The Morgan fingerprint density at radius 2 is 2.12 bits per heavy atom. The Labute approximate surface area is 143 Å². The standard InChI is InChI=1S/C18H28N2O4/c1-12-9-14(13(2)24-12)18(21)20-6-5-17(23-4)15-10-19(7-8-22-3)11-16(15)20/h9,15-17H,5-8,10-11H2,1-4H3/t15-,16+,17-/m1/s1. The van der Waals surface area contributed by atoms with Crippen molar-refractivity contribution < 1.29 is 18.7 Å². The third kappa shape index (κ3) is 3.23. The Bertz CT molecular complexity index is 586. The molecule has 3 rings (SSSR count). The molecule has 2 aliphatic heterocycles. The summed E-state index contributed by atoms with van der Waals surface area (Å²) in [5.74, 6) is 1.94. The molecule has 1 amide bonds. The molecule has 3 heterocycles. The number of carbonyl (C=O) groups is 1. The first-order valence-corrected chi connectivity index (χ1v) is 8.67. The summed E-state index contributed by atoms with van der Waals surface area (Å²) >= 11 is 0. The lowest BCUT2D eigenvalue weighted by Crippen LogP contribution is -2.53. The number of carbonyl (C=O) groups excluding carboxylic acids is 1. The van der Waals surface area contributed by atoms with Crippen molar-refractivity contribution in [2.45, 2.75) is 32.4 Å². The normalized spacial score (nSPS) is 27.5. The molecule has 24 heavy (non-hydrogen) atoms. The Kier molecular flexibility index (Phi) is 5.27. The Morgan fingerprint density at radius 3 is 2.75 bits per heavy atom. The lowest BCUT2D eigenvalue weighted by molar-refractivity contribution is -0.0157. The van der Waals surface area contributed by atoms with Crippen LogP contribution >= 0.6 is 0 Å². The van der Waals surface area contributed by atoms with Gasteiger partial charge in [0.25, 0.3) is 5.91 Å². The number of piperidine rings is 1. The highest BCUT2D eigenvalue weighted by molar-refractivity contribution is 5.95. The van der Waals surface area contributed by atoms with E-state index in [9.17, 15) is 4.79 Å². The molecule has 2 aliphatic rings. The van der Waals surface area contributed by atoms with Crippen molar-refractivity contribution in [3.63, 3.8) is 0 Å². The number of hydrogen-bond donors (Lipinski definition) is 0. The van der Waals surface area contributed by atoms with Crippen molar-refractivity contribution in [1.29, 1.82) is 0 Å². The fraction of sp³-hybridized carbons (Fsp3) is 0.722. The molecule has 0 radical (unpaired) electrons. The van der Waals surface area contributed by atoms with Gasteiger partial charge in [-0.1, -0.05) is 0 Å². The van der Waals surface area contributed by atoms with Gasteiger partial charge in [-0.15, -0.1) is 0 Å². The highest BCUT2D eigenvalue weighted by atomic mass is 16.5. The van der Waals surface area contributed by atoms with Crippen LogP contribution in [0.4, 0.5) is 0 Å². The third-order valence-corrected chi connectivity index (χ3v) is 5.39. The first-order chi connectivity index (χ1) is 11.5. The van der Waals surface area contributed by atoms with E-state index in [1.807, 2.05) is 24.8 Å². The van der Waals surface area contributed by atoms with E-state index in [1.165, 1.54) is 0 Å². The van der Waals surface area contributed by atoms with Gasteiger partial charge in [0, 0.05) is 46.3 Å². The molecule has 0 N–H and O–H groups in total. The third-order valence-electron chi connectivity index (χ3n) is 5.39. The molecule has 0 unspecified atom stereocenters. The summed E-state index contributed by atoms with van der Waals surface area (Å²) in [7, 11) is 3.50. The van der Waals surface area contributed by atoms with Gasteiger partial charge < -0.3 is 18.8 Å². The highest BCUT2D eigenvalue weighted by Crippen LogP contribution is 2.33. The Balaban J connectivity index is 1.79. The molecule has 6 nitrogen and oxygen atoms in total. The van der Waals surface area contributed by atoms with Gasteiger partial charge in [-0.2, -0.15) is 0 Å². The minimum Gasteiger partial charge on any atom is -0.466 e. The fourth-order valence-electron chi connectivity index (χ4n) is 4.18. The fourth-order valence-corrected chi connectivity index (χ4v) is 4.18. The number of amides is 1. The van der Waals surface area contributed by atoms with E-state index in [4.69, 9.17) is 13.9 Å². The average Bonchev–Trinajstić information content (AvgIpc) is 3.14. The summed E-state index contributed by atoms with van der Waals surface area (Å²) in [4.78, 5) is 17.5. The second-order valence-corrected chi connectivity index (χ2v) is 6.87. The maximum Gasteiger partial charge on any atom is 0.257 e. The van der Waals surface area contributed by atoms with Crippen molar-refractivity contribution in [3.05, 3.63) is 23.2 Å². The first kappa shape index (κ1) is 17.5. The van der Waals surface area contributed by atoms with Crippen LogP contribution in [0.2, 0.25) is 0 Å². The van der Waals surface area contributed by atoms with Gasteiger partial charge in [-0.05, 0) is 26.3 Å². The number of likely N-dealkylation sites (tertiary alicyclic amines) is 2. The molecule has 2 saturated heterocycles. The van der Waals surface area contributed by atoms with Crippen molar-refractivity contribution in [1.82, 2.24) is 9.80 Å². The van der Waals surface area contributed by atoms with Crippen LogP contribution in [-0.4, -0.2) is 74.9 Å². The minimum absolute atomic E-state index is 0.0856. The summed E-state index contributed by atoms with van der Waals surface area (Å²) in [5.41, 5.74) is 0.692. The maximum absolute atomic E-state index is 13.1. The van der Waals surface area contributed by atoms with Crippen LogP contribution < -0.4 is 0 Å². The second kappa shape index (κ2) is 7.25. The van der Waals surface area contributed by atoms with Crippen molar-refractivity contribution in [2.75, 3.05) is 47.0 Å². The van der Waals surface area contributed by atoms with Gasteiger partial charge >= 0.3 is 0 Å². The zero-order chi connectivity index (χ0) is 17.3. The number of hydrogen-bond acceptors (Lipinski definition) is 5. The first-order valence-electron chi connectivity index (χ1n) is 8.67. The largest absolute Gasteiger partial charge is 0.466 e. The van der Waals surface area contributed by atoms with Gasteiger partial charge in [-0.25, -0.2) is 0 Å².